The van der Waals surface area contributed by atoms with Crippen molar-refractivity contribution < 1.29 is 19.2 Å². The molecule has 8 nitrogen and oxygen atoms in total. The minimum absolute atomic E-state index is 0.0269. The highest BCUT2D eigenvalue weighted by atomic mass is 35.5. The first-order chi connectivity index (χ1) is 12.3. The van der Waals surface area contributed by atoms with E-state index >= 15 is 0 Å². The largest absolute Gasteiger partial charge is 0.497 e. The standard InChI is InChI=1S/C17H16ClN3O5/c1-10(11-4-5-15(18)16(8-11)21(23)24)19-20-17(22)12-6-13(25-2)9-14(7-12)26-3/h4-9H,1-3H3,(H,20,22)/b19-10+. The van der Waals surface area contributed by atoms with Gasteiger partial charge in [-0.2, -0.15) is 5.10 Å². The lowest BCUT2D eigenvalue weighted by atomic mass is 10.1. The molecular formula is C17H16ClN3O5. The summed E-state index contributed by atoms with van der Waals surface area (Å²) in [6, 6.07) is 8.99. The van der Waals surface area contributed by atoms with Crippen molar-refractivity contribution in [2.24, 2.45) is 5.10 Å². The van der Waals surface area contributed by atoms with E-state index in [1.165, 1.54) is 38.5 Å². The topological polar surface area (TPSA) is 103 Å². The van der Waals surface area contributed by atoms with Gasteiger partial charge in [0.05, 0.1) is 24.9 Å². The summed E-state index contributed by atoms with van der Waals surface area (Å²) < 4.78 is 10.2. The second-order valence-corrected chi connectivity index (χ2v) is 5.57. The number of nitrogens with one attached hydrogen (secondary N) is 1. The summed E-state index contributed by atoms with van der Waals surface area (Å²) >= 11 is 5.79. The van der Waals surface area contributed by atoms with Crippen molar-refractivity contribution in [2.45, 2.75) is 6.92 Å². The summed E-state index contributed by atoms with van der Waals surface area (Å²) in [6.07, 6.45) is 0. The summed E-state index contributed by atoms with van der Waals surface area (Å²) in [5.41, 5.74) is 3.30. The monoisotopic (exact) mass is 377 g/mol. The Balaban J connectivity index is 2.22. The number of rotatable bonds is 6. The van der Waals surface area contributed by atoms with E-state index in [2.05, 4.69) is 10.5 Å². The molecule has 0 unspecified atom stereocenters. The number of nitrogens with zero attached hydrogens (tertiary/aromatic N) is 2. The highest BCUT2D eigenvalue weighted by Gasteiger charge is 2.14. The summed E-state index contributed by atoms with van der Waals surface area (Å²) in [6.45, 7) is 1.61. The fourth-order valence-electron chi connectivity index (χ4n) is 2.08. The molecule has 0 aliphatic carbocycles. The summed E-state index contributed by atoms with van der Waals surface area (Å²) in [7, 11) is 2.96. The van der Waals surface area contributed by atoms with Crippen molar-refractivity contribution in [3.8, 4) is 11.5 Å². The Labute approximate surface area is 154 Å². The molecule has 0 fully saturated rings. The molecule has 1 N–H and O–H groups in total. The number of ether oxygens (including phenoxy) is 2. The fraction of sp³-hybridized carbons (Fsp3) is 0.176. The molecule has 26 heavy (non-hydrogen) atoms. The maximum atomic E-state index is 12.3. The van der Waals surface area contributed by atoms with Crippen LogP contribution in [0.1, 0.15) is 22.8 Å². The molecule has 2 aromatic carbocycles. The van der Waals surface area contributed by atoms with Crippen LogP contribution in [0.3, 0.4) is 0 Å². The minimum atomic E-state index is -0.583. The second kappa shape index (κ2) is 8.30. The van der Waals surface area contributed by atoms with Crippen LogP contribution in [-0.4, -0.2) is 30.8 Å². The molecule has 0 bridgehead atoms. The smallest absolute Gasteiger partial charge is 0.288 e. The number of methoxy groups -OCH3 is 2. The Bertz CT molecular complexity index is 860. The van der Waals surface area contributed by atoms with Gasteiger partial charge in [0.25, 0.3) is 11.6 Å². The number of nitro benzene ring substituents is 1. The fourth-order valence-corrected chi connectivity index (χ4v) is 2.27. The van der Waals surface area contributed by atoms with Crippen LogP contribution < -0.4 is 14.9 Å². The third-order valence-corrected chi connectivity index (χ3v) is 3.82. The minimum Gasteiger partial charge on any atom is -0.497 e. The summed E-state index contributed by atoms with van der Waals surface area (Å²) in [5.74, 6) is 0.442. The zero-order valence-electron chi connectivity index (χ0n) is 14.3. The average molecular weight is 378 g/mol. The molecule has 0 aliphatic rings. The van der Waals surface area contributed by atoms with E-state index in [0.717, 1.165) is 0 Å². The van der Waals surface area contributed by atoms with Gasteiger partial charge in [0.15, 0.2) is 0 Å². The van der Waals surface area contributed by atoms with E-state index in [1.54, 1.807) is 19.1 Å². The molecule has 9 heteroatoms. The maximum absolute atomic E-state index is 12.3. The van der Waals surface area contributed by atoms with E-state index in [0.29, 0.717) is 28.3 Å². The zero-order valence-corrected chi connectivity index (χ0v) is 15.0. The van der Waals surface area contributed by atoms with Crippen molar-refractivity contribution in [3.05, 3.63) is 62.7 Å². The molecule has 0 spiro atoms. The molecule has 2 aromatic rings. The molecule has 0 saturated carbocycles. The van der Waals surface area contributed by atoms with E-state index in [9.17, 15) is 14.9 Å². The average Bonchev–Trinajstić information content (AvgIpc) is 2.65. The first-order valence-corrected chi connectivity index (χ1v) is 7.75. The van der Waals surface area contributed by atoms with Crippen molar-refractivity contribution in [1.29, 1.82) is 0 Å². The van der Waals surface area contributed by atoms with Crippen molar-refractivity contribution in [2.75, 3.05) is 14.2 Å². The van der Waals surface area contributed by atoms with Crippen molar-refractivity contribution >= 4 is 28.9 Å². The number of nitro groups is 1. The van der Waals surface area contributed by atoms with Gasteiger partial charge >= 0.3 is 0 Å². The van der Waals surface area contributed by atoms with Crippen LogP contribution in [0.4, 0.5) is 5.69 Å². The predicted octanol–water partition coefficient (Wildman–Crippen LogP) is 3.42. The molecule has 0 heterocycles. The molecule has 2 rings (SSSR count). The first kappa shape index (κ1) is 19.2. The Morgan fingerprint density at radius 3 is 2.27 bits per heavy atom. The van der Waals surface area contributed by atoms with Gasteiger partial charge in [-0.1, -0.05) is 17.7 Å². The van der Waals surface area contributed by atoms with E-state index in [1.807, 2.05) is 0 Å². The van der Waals surface area contributed by atoms with Crippen molar-refractivity contribution in [3.63, 3.8) is 0 Å². The number of benzene rings is 2. The van der Waals surface area contributed by atoms with Crippen LogP contribution in [0.25, 0.3) is 0 Å². The number of hydrogen-bond donors (Lipinski definition) is 1. The zero-order chi connectivity index (χ0) is 19.3. The van der Waals surface area contributed by atoms with Gasteiger partial charge in [0.2, 0.25) is 0 Å². The second-order valence-electron chi connectivity index (χ2n) is 5.16. The van der Waals surface area contributed by atoms with Crippen LogP contribution in [0.15, 0.2) is 41.5 Å². The van der Waals surface area contributed by atoms with Crippen molar-refractivity contribution in [1.82, 2.24) is 5.43 Å². The SMILES string of the molecule is COc1cc(OC)cc(C(=O)N/N=C(\C)c2ccc(Cl)c([N+](=O)[O-])c2)c1. The molecule has 0 atom stereocenters. The highest BCUT2D eigenvalue weighted by molar-refractivity contribution is 6.32. The Kier molecular flexibility index (Phi) is 6.13. The number of carbonyl (C=O) groups is 1. The summed E-state index contributed by atoms with van der Waals surface area (Å²) in [4.78, 5) is 22.7. The van der Waals surface area contributed by atoms with Gasteiger partial charge in [-0.25, -0.2) is 5.43 Å². The lowest BCUT2D eigenvalue weighted by Gasteiger charge is -2.08. The Morgan fingerprint density at radius 2 is 1.73 bits per heavy atom. The highest BCUT2D eigenvalue weighted by Crippen LogP contribution is 2.25. The number of hydrazone groups is 1. The van der Waals surface area contributed by atoms with Crippen LogP contribution in [0, 0.1) is 10.1 Å². The van der Waals surface area contributed by atoms with Gasteiger partial charge in [-0.15, -0.1) is 0 Å². The molecule has 0 aliphatic heterocycles. The molecular weight excluding hydrogens is 362 g/mol. The number of amides is 1. The molecule has 0 saturated heterocycles. The van der Waals surface area contributed by atoms with Gasteiger partial charge in [0.1, 0.15) is 16.5 Å². The third-order valence-electron chi connectivity index (χ3n) is 3.50. The molecule has 136 valence electrons. The van der Waals surface area contributed by atoms with Gasteiger partial charge < -0.3 is 9.47 Å². The third kappa shape index (κ3) is 4.48. The maximum Gasteiger partial charge on any atom is 0.288 e. The number of hydrogen-bond acceptors (Lipinski definition) is 6. The number of carbonyl (C=O) groups excluding carboxylic acids is 1. The Morgan fingerprint density at radius 1 is 1.12 bits per heavy atom. The van der Waals surface area contributed by atoms with E-state index < -0.39 is 10.8 Å². The number of halogens is 1. The van der Waals surface area contributed by atoms with Gasteiger partial charge in [-0.3, -0.25) is 14.9 Å². The van der Waals surface area contributed by atoms with Crippen LogP contribution in [-0.2, 0) is 0 Å². The van der Waals surface area contributed by atoms with Crippen LogP contribution in [0.5, 0.6) is 11.5 Å². The van der Waals surface area contributed by atoms with Gasteiger partial charge in [-0.05, 0) is 25.1 Å². The lowest BCUT2D eigenvalue weighted by molar-refractivity contribution is -0.384. The predicted molar refractivity (Wildman–Crippen MR) is 97.3 cm³/mol. The van der Waals surface area contributed by atoms with E-state index in [-0.39, 0.29) is 10.7 Å². The summed E-state index contributed by atoms with van der Waals surface area (Å²) in [5, 5.41) is 15.0. The molecule has 0 aromatic heterocycles. The quantitative estimate of drug-likeness (QED) is 0.472. The van der Waals surface area contributed by atoms with E-state index in [4.69, 9.17) is 21.1 Å². The van der Waals surface area contributed by atoms with Crippen LogP contribution in [0.2, 0.25) is 5.02 Å². The first-order valence-electron chi connectivity index (χ1n) is 7.37. The van der Waals surface area contributed by atoms with Gasteiger partial charge in [0, 0.05) is 23.3 Å². The lowest BCUT2D eigenvalue weighted by Crippen LogP contribution is -2.19. The Hall–Kier alpha value is -3.13. The molecule has 0 radical (unpaired) electrons. The normalized spacial score (nSPS) is 11.0. The molecule has 1 amide bonds. The van der Waals surface area contributed by atoms with Crippen LogP contribution >= 0.6 is 11.6 Å².